The van der Waals surface area contributed by atoms with Gasteiger partial charge in [0.1, 0.15) is 5.75 Å². The summed E-state index contributed by atoms with van der Waals surface area (Å²) in [4.78, 5) is 23.4. The van der Waals surface area contributed by atoms with E-state index in [9.17, 15) is 18.0 Å². The summed E-state index contributed by atoms with van der Waals surface area (Å²) in [5.74, 6) is -1.08. The Balaban J connectivity index is 1.83. The van der Waals surface area contributed by atoms with Crippen LogP contribution >= 0.6 is 11.6 Å². The number of hydrogen-bond donors (Lipinski definition) is 2. The number of nitrogens with one attached hydrogen (secondary N) is 1. The Kier molecular flexibility index (Phi) is 6.78. The van der Waals surface area contributed by atoms with E-state index in [2.05, 4.69) is 5.32 Å². The molecule has 0 aliphatic carbocycles. The van der Waals surface area contributed by atoms with E-state index in [1.165, 1.54) is 24.3 Å². The second kappa shape index (κ2) is 8.85. The Morgan fingerprint density at radius 2 is 1.89 bits per heavy atom. The maximum absolute atomic E-state index is 11.8. The van der Waals surface area contributed by atoms with E-state index < -0.39 is 35.1 Å². The number of nitrogens with two attached hydrogens (primary N) is 1. The molecule has 2 aromatic rings. The number of aryl methyl sites for hydroxylation is 1. The van der Waals surface area contributed by atoms with Gasteiger partial charge in [-0.15, -0.1) is 0 Å². The molecule has 0 aromatic heterocycles. The fraction of sp³-hybridized carbons (Fsp3) is 0.176. The van der Waals surface area contributed by atoms with Crippen molar-refractivity contribution in [3.05, 3.63) is 53.1 Å². The number of anilines is 1. The molecule has 0 saturated carbocycles. The van der Waals surface area contributed by atoms with Crippen LogP contribution in [0.1, 0.15) is 5.56 Å². The third kappa shape index (κ3) is 6.55. The van der Waals surface area contributed by atoms with Gasteiger partial charge in [-0.3, -0.25) is 4.79 Å². The van der Waals surface area contributed by atoms with Gasteiger partial charge >= 0.3 is 5.97 Å². The molecule has 0 aliphatic rings. The van der Waals surface area contributed by atoms with Crippen molar-refractivity contribution in [3.63, 3.8) is 0 Å². The zero-order valence-electron chi connectivity index (χ0n) is 14.3. The zero-order valence-corrected chi connectivity index (χ0v) is 15.8. The van der Waals surface area contributed by atoms with Gasteiger partial charge in [0.05, 0.1) is 9.92 Å². The molecule has 0 spiro atoms. The summed E-state index contributed by atoms with van der Waals surface area (Å²) in [6.45, 7) is 0.859. The lowest BCUT2D eigenvalue weighted by atomic mass is 10.2. The lowest BCUT2D eigenvalue weighted by Crippen LogP contribution is -2.24. The maximum Gasteiger partial charge on any atom is 0.344 e. The molecule has 0 heterocycles. The molecule has 1 amide bonds. The first kappa shape index (κ1) is 20.7. The molecule has 3 N–H and O–H groups in total. The van der Waals surface area contributed by atoms with Crippen molar-refractivity contribution < 1.29 is 27.5 Å². The number of hydrogen-bond acceptors (Lipinski definition) is 6. The van der Waals surface area contributed by atoms with Crippen LogP contribution in [0.5, 0.6) is 5.75 Å². The van der Waals surface area contributed by atoms with Crippen molar-refractivity contribution in [2.45, 2.75) is 11.8 Å². The van der Waals surface area contributed by atoms with E-state index in [1.54, 1.807) is 18.2 Å². The number of carbonyl (C=O) groups excluding carboxylic acids is 2. The van der Waals surface area contributed by atoms with Crippen molar-refractivity contribution >= 4 is 39.2 Å². The summed E-state index contributed by atoms with van der Waals surface area (Å²) < 4.78 is 32.7. The van der Waals surface area contributed by atoms with Crippen LogP contribution in [-0.4, -0.2) is 33.5 Å². The van der Waals surface area contributed by atoms with Gasteiger partial charge in [0.25, 0.3) is 5.91 Å². The number of esters is 1. The predicted molar refractivity (Wildman–Crippen MR) is 99.1 cm³/mol. The topological polar surface area (TPSA) is 125 Å². The Labute approximate surface area is 161 Å². The number of ether oxygens (including phenoxy) is 2. The zero-order chi connectivity index (χ0) is 20.0. The fourth-order valence-corrected chi connectivity index (χ4v) is 2.73. The molecule has 0 fully saturated rings. The minimum atomic E-state index is -3.89. The van der Waals surface area contributed by atoms with E-state index in [4.69, 9.17) is 26.2 Å². The molecule has 0 unspecified atom stereocenters. The first-order valence-corrected chi connectivity index (χ1v) is 9.55. The predicted octanol–water partition coefficient (Wildman–Crippen LogP) is 1.86. The highest BCUT2D eigenvalue weighted by Crippen LogP contribution is 2.25. The van der Waals surface area contributed by atoms with Gasteiger partial charge in [-0.25, -0.2) is 18.4 Å². The molecule has 10 heteroatoms. The van der Waals surface area contributed by atoms with Gasteiger partial charge in [0.2, 0.25) is 10.0 Å². The second-order valence-corrected chi connectivity index (χ2v) is 7.47. The van der Waals surface area contributed by atoms with Gasteiger partial charge in [0, 0.05) is 5.69 Å². The summed E-state index contributed by atoms with van der Waals surface area (Å²) in [6.07, 6.45) is 0. The molecule has 0 aliphatic heterocycles. The summed E-state index contributed by atoms with van der Waals surface area (Å²) in [7, 11) is -3.89. The number of primary sulfonamides is 1. The van der Waals surface area contributed by atoms with Gasteiger partial charge in [-0.2, -0.15) is 0 Å². The largest absolute Gasteiger partial charge is 0.480 e. The molecule has 0 atom stereocenters. The third-order valence-corrected chi connectivity index (χ3v) is 4.47. The number of carbonyl (C=O) groups is 2. The Morgan fingerprint density at radius 3 is 2.59 bits per heavy atom. The molecule has 8 nitrogen and oxygen atoms in total. The van der Waals surface area contributed by atoms with Crippen LogP contribution in [0.3, 0.4) is 0 Å². The number of benzene rings is 2. The number of halogens is 1. The minimum absolute atomic E-state index is 0.152. The Morgan fingerprint density at radius 1 is 1.15 bits per heavy atom. The van der Waals surface area contributed by atoms with Gasteiger partial charge in [0.15, 0.2) is 13.2 Å². The SMILES string of the molecule is Cc1ccc(Cl)c(OCC(=O)OCC(=O)Nc2cccc(S(N)(=O)=O)c2)c1. The third-order valence-electron chi connectivity index (χ3n) is 3.24. The fourth-order valence-electron chi connectivity index (χ4n) is 1.99. The monoisotopic (exact) mass is 412 g/mol. The molecular weight excluding hydrogens is 396 g/mol. The van der Waals surface area contributed by atoms with Crippen LogP contribution in [-0.2, 0) is 24.3 Å². The standard InChI is InChI=1S/C17H17ClN2O6S/c1-11-5-6-14(18)15(7-11)25-10-17(22)26-9-16(21)20-12-3-2-4-13(8-12)27(19,23)24/h2-8H,9-10H2,1H3,(H,20,21)(H2,19,23,24). The normalized spacial score (nSPS) is 10.9. The molecule has 0 radical (unpaired) electrons. The molecule has 2 aromatic carbocycles. The first-order valence-electron chi connectivity index (χ1n) is 7.62. The minimum Gasteiger partial charge on any atom is -0.480 e. The van der Waals surface area contributed by atoms with Crippen LogP contribution in [0.15, 0.2) is 47.4 Å². The van der Waals surface area contributed by atoms with Crippen LogP contribution in [0.2, 0.25) is 5.02 Å². The van der Waals surface area contributed by atoms with E-state index in [0.29, 0.717) is 10.8 Å². The van der Waals surface area contributed by atoms with Gasteiger partial charge in [-0.1, -0.05) is 23.7 Å². The van der Waals surface area contributed by atoms with Crippen LogP contribution < -0.4 is 15.2 Å². The molecule has 2 rings (SSSR count). The van der Waals surface area contributed by atoms with E-state index >= 15 is 0 Å². The summed E-state index contributed by atoms with van der Waals surface area (Å²) in [6, 6.07) is 10.5. The van der Waals surface area contributed by atoms with E-state index in [-0.39, 0.29) is 10.6 Å². The number of sulfonamides is 1. The average molecular weight is 413 g/mol. The van der Waals surface area contributed by atoms with Crippen LogP contribution in [0, 0.1) is 6.92 Å². The first-order chi connectivity index (χ1) is 12.6. The highest BCUT2D eigenvalue weighted by Gasteiger charge is 2.12. The summed E-state index contributed by atoms with van der Waals surface area (Å²) in [5, 5.41) is 7.77. The maximum atomic E-state index is 11.8. The quantitative estimate of drug-likeness (QED) is 0.668. The summed E-state index contributed by atoms with van der Waals surface area (Å²) in [5.41, 5.74) is 1.11. The molecule has 0 saturated heterocycles. The van der Waals surface area contributed by atoms with Crippen molar-refractivity contribution in [1.82, 2.24) is 0 Å². The molecular formula is C17H17ClN2O6S. The van der Waals surface area contributed by atoms with Gasteiger partial charge < -0.3 is 14.8 Å². The van der Waals surface area contributed by atoms with E-state index in [1.807, 2.05) is 6.92 Å². The van der Waals surface area contributed by atoms with Gasteiger partial charge in [-0.05, 0) is 42.8 Å². The number of amides is 1. The van der Waals surface area contributed by atoms with Crippen molar-refractivity contribution in [1.29, 1.82) is 0 Å². The molecule has 27 heavy (non-hydrogen) atoms. The van der Waals surface area contributed by atoms with Crippen LogP contribution in [0.4, 0.5) is 5.69 Å². The van der Waals surface area contributed by atoms with Crippen LogP contribution in [0.25, 0.3) is 0 Å². The van der Waals surface area contributed by atoms with Crippen molar-refractivity contribution in [3.8, 4) is 5.75 Å². The number of rotatable bonds is 7. The lowest BCUT2D eigenvalue weighted by molar-refractivity contribution is -0.149. The average Bonchev–Trinajstić information content (AvgIpc) is 2.60. The Hall–Kier alpha value is -2.62. The smallest absolute Gasteiger partial charge is 0.344 e. The Bertz CT molecular complexity index is 962. The highest BCUT2D eigenvalue weighted by atomic mass is 35.5. The highest BCUT2D eigenvalue weighted by molar-refractivity contribution is 7.89. The van der Waals surface area contributed by atoms with E-state index in [0.717, 1.165) is 5.56 Å². The van der Waals surface area contributed by atoms with Crippen molar-refractivity contribution in [2.24, 2.45) is 5.14 Å². The molecule has 144 valence electrons. The summed E-state index contributed by atoms with van der Waals surface area (Å²) >= 11 is 5.95. The van der Waals surface area contributed by atoms with Crippen molar-refractivity contribution in [2.75, 3.05) is 18.5 Å². The second-order valence-electron chi connectivity index (χ2n) is 5.50. The lowest BCUT2D eigenvalue weighted by Gasteiger charge is -2.10. The molecule has 0 bridgehead atoms.